The summed E-state index contributed by atoms with van der Waals surface area (Å²) in [4.78, 5) is 23.5. The Labute approximate surface area is 174 Å². The Balaban J connectivity index is 1.22. The van der Waals surface area contributed by atoms with Crippen LogP contribution in [-0.4, -0.2) is 16.9 Å². The molecule has 0 atom stereocenters. The van der Waals surface area contributed by atoms with Gasteiger partial charge in [-0.15, -0.1) is 0 Å². The average molecular weight is 410 g/mol. The summed E-state index contributed by atoms with van der Waals surface area (Å²) in [6, 6.07) is 8.40. The smallest absolute Gasteiger partial charge is 0.311 e. The Hall–Kier alpha value is -2.83. The van der Waals surface area contributed by atoms with Gasteiger partial charge in [0, 0.05) is 12.1 Å². The summed E-state index contributed by atoms with van der Waals surface area (Å²) in [5, 5.41) is 14.5. The minimum atomic E-state index is -0.464. The molecule has 4 bridgehead atoms. The molecule has 7 nitrogen and oxygen atoms in total. The minimum Gasteiger partial charge on any atom is -0.479 e. The Kier molecular flexibility index (Phi) is 4.76. The number of nitrogens with zero attached hydrogens (tertiary/aromatic N) is 1. The van der Waals surface area contributed by atoms with Gasteiger partial charge in [-0.3, -0.25) is 14.9 Å². The standard InChI is InChI=1S/C23H26N2O5/c1-13-2-4-20(19(6-13)25(27)28)29-12-18-3-5-21(30-18)23(26)24-22-16-8-14-7-15(10-16)11-17(22)9-14/h2-6,14-17,22H,7-12H2,1H3,(H,24,26). The number of nitro benzene ring substituents is 1. The van der Waals surface area contributed by atoms with Crippen molar-refractivity contribution in [3.8, 4) is 5.75 Å². The fourth-order valence-corrected chi connectivity index (χ4v) is 6.00. The van der Waals surface area contributed by atoms with Gasteiger partial charge in [0.25, 0.3) is 5.91 Å². The summed E-state index contributed by atoms with van der Waals surface area (Å²) in [6.07, 6.45) is 6.35. The number of benzene rings is 1. The van der Waals surface area contributed by atoms with E-state index in [2.05, 4.69) is 5.32 Å². The predicted octanol–water partition coefficient (Wildman–Crippen LogP) is 4.63. The number of hydrogen-bond acceptors (Lipinski definition) is 5. The average Bonchev–Trinajstić information content (AvgIpc) is 3.18. The van der Waals surface area contributed by atoms with Crippen LogP contribution in [0.4, 0.5) is 5.69 Å². The Bertz CT molecular complexity index is 954. The predicted molar refractivity (Wildman–Crippen MR) is 109 cm³/mol. The summed E-state index contributed by atoms with van der Waals surface area (Å²) in [7, 11) is 0. The van der Waals surface area contributed by atoms with Crippen molar-refractivity contribution in [1.29, 1.82) is 0 Å². The molecule has 4 aliphatic rings. The van der Waals surface area contributed by atoms with Gasteiger partial charge in [0.05, 0.1) is 4.92 Å². The molecule has 2 aromatic rings. The highest BCUT2D eigenvalue weighted by atomic mass is 16.6. The first kappa shape index (κ1) is 19.2. The van der Waals surface area contributed by atoms with Gasteiger partial charge in [0.15, 0.2) is 11.5 Å². The van der Waals surface area contributed by atoms with Crippen LogP contribution in [0.3, 0.4) is 0 Å². The molecule has 4 saturated carbocycles. The van der Waals surface area contributed by atoms with E-state index in [9.17, 15) is 14.9 Å². The number of furan rings is 1. The van der Waals surface area contributed by atoms with Crippen molar-refractivity contribution in [1.82, 2.24) is 5.32 Å². The monoisotopic (exact) mass is 410 g/mol. The van der Waals surface area contributed by atoms with Gasteiger partial charge >= 0.3 is 5.69 Å². The lowest BCUT2D eigenvalue weighted by molar-refractivity contribution is -0.386. The van der Waals surface area contributed by atoms with Crippen LogP contribution < -0.4 is 10.1 Å². The van der Waals surface area contributed by atoms with E-state index in [1.54, 1.807) is 31.2 Å². The van der Waals surface area contributed by atoms with Crippen molar-refractivity contribution < 1.29 is 18.9 Å². The van der Waals surface area contributed by atoms with Crippen LogP contribution in [0.2, 0.25) is 0 Å². The van der Waals surface area contributed by atoms with Gasteiger partial charge < -0.3 is 14.5 Å². The van der Waals surface area contributed by atoms with Crippen LogP contribution in [0.1, 0.15) is 54.0 Å². The molecule has 0 saturated heterocycles. The largest absolute Gasteiger partial charge is 0.479 e. The van der Waals surface area contributed by atoms with E-state index in [0.717, 1.165) is 17.4 Å². The van der Waals surface area contributed by atoms with Gasteiger partial charge in [-0.25, -0.2) is 0 Å². The minimum absolute atomic E-state index is 0.0230. The lowest BCUT2D eigenvalue weighted by atomic mass is 9.54. The van der Waals surface area contributed by atoms with Gasteiger partial charge in [-0.2, -0.15) is 0 Å². The fourth-order valence-electron chi connectivity index (χ4n) is 6.00. The number of carbonyl (C=O) groups excluding carboxylic acids is 1. The van der Waals surface area contributed by atoms with Crippen molar-refractivity contribution in [2.75, 3.05) is 0 Å². The second kappa shape index (κ2) is 7.45. The number of hydrogen-bond donors (Lipinski definition) is 1. The molecule has 0 aliphatic heterocycles. The maximum Gasteiger partial charge on any atom is 0.311 e. The maximum atomic E-state index is 12.8. The third-order valence-corrected chi connectivity index (χ3v) is 7.09. The molecule has 4 fully saturated rings. The Morgan fingerprint density at radius 1 is 1.13 bits per heavy atom. The second-order valence-electron chi connectivity index (χ2n) is 9.21. The zero-order chi connectivity index (χ0) is 20.8. The molecule has 1 aromatic heterocycles. The van der Waals surface area contributed by atoms with Crippen molar-refractivity contribution >= 4 is 11.6 Å². The van der Waals surface area contributed by atoms with Crippen molar-refractivity contribution in [2.45, 2.75) is 51.7 Å². The molecule has 6 rings (SSSR count). The summed E-state index contributed by atoms with van der Waals surface area (Å²) < 4.78 is 11.3. The summed E-state index contributed by atoms with van der Waals surface area (Å²) in [5.74, 6) is 3.65. The first-order chi connectivity index (χ1) is 14.5. The molecule has 30 heavy (non-hydrogen) atoms. The highest BCUT2D eigenvalue weighted by Gasteiger charge is 2.48. The van der Waals surface area contributed by atoms with E-state index in [1.807, 2.05) is 0 Å². The lowest BCUT2D eigenvalue weighted by Crippen LogP contribution is -2.55. The number of rotatable bonds is 6. The molecule has 1 amide bonds. The first-order valence-corrected chi connectivity index (χ1v) is 10.7. The Morgan fingerprint density at radius 2 is 1.83 bits per heavy atom. The topological polar surface area (TPSA) is 94.6 Å². The van der Waals surface area contributed by atoms with E-state index >= 15 is 0 Å². The van der Waals surface area contributed by atoms with E-state index in [-0.39, 0.29) is 35.8 Å². The van der Waals surface area contributed by atoms with Crippen LogP contribution in [0, 0.1) is 40.7 Å². The van der Waals surface area contributed by atoms with Crippen LogP contribution in [0.5, 0.6) is 5.75 Å². The maximum absolute atomic E-state index is 12.8. The van der Waals surface area contributed by atoms with E-state index in [0.29, 0.717) is 17.6 Å². The van der Waals surface area contributed by atoms with Crippen molar-refractivity contribution in [3.05, 3.63) is 57.5 Å². The summed E-state index contributed by atoms with van der Waals surface area (Å²) >= 11 is 0. The van der Waals surface area contributed by atoms with Gasteiger partial charge in [-0.1, -0.05) is 6.07 Å². The molecule has 0 unspecified atom stereocenters. The van der Waals surface area contributed by atoms with Gasteiger partial charge in [0.2, 0.25) is 0 Å². The van der Waals surface area contributed by atoms with Crippen LogP contribution in [-0.2, 0) is 6.61 Å². The molecule has 1 N–H and O–H groups in total. The molecule has 0 spiro atoms. The molecule has 1 heterocycles. The van der Waals surface area contributed by atoms with Crippen LogP contribution in [0.15, 0.2) is 34.7 Å². The highest BCUT2D eigenvalue weighted by molar-refractivity contribution is 5.91. The van der Waals surface area contributed by atoms with E-state index in [1.165, 1.54) is 38.2 Å². The van der Waals surface area contributed by atoms with Gasteiger partial charge in [0.1, 0.15) is 12.4 Å². The number of aryl methyl sites for hydroxylation is 1. The SMILES string of the molecule is Cc1ccc(OCc2ccc(C(=O)NC3C4CC5CC(C4)CC3C5)o2)c([N+](=O)[O-])c1. The van der Waals surface area contributed by atoms with Crippen LogP contribution in [0.25, 0.3) is 0 Å². The Morgan fingerprint density at radius 3 is 2.50 bits per heavy atom. The lowest BCUT2D eigenvalue weighted by Gasteiger charge is -2.54. The zero-order valence-corrected chi connectivity index (χ0v) is 17.0. The third-order valence-electron chi connectivity index (χ3n) is 7.09. The second-order valence-corrected chi connectivity index (χ2v) is 9.21. The quantitative estimate of drug-likeness (QED) is 0.553. The molecule has 158 valence electrons. The molecule has 7 heteroatoms. The molecule has 4 aliphatic carbocycles. The molecule has 0 radical (unpaired) electrons. The van der Waals surface area contributed by atoms with Gasteiger partial charge in [-0.05, 0) is 86.5 Å². The normalized spacial score (nSPS) is 29.0. The van der Waals surface area contributed by atoms with Crippen molar-refractivity contribution in [3.63, 3.8) is 0 Å². The number of ether oxygens (including phenoxy) is 1. The molecular formula is C23H26N2O5. The third kappa shape index (κ3) is 3.57. The number of nitrogens with one attached hydrogen (secondary N) is 1. The number of amides is 1. The fraction of sp³-hybridized carbons (Fsp3) is 0.522. The molecule has 1 aromatic carbocycles. The van der Waals surface area contributed by atoms with E-state index in [4.69, 9.17) is 9.15 Å². The summed E-state index contributed by atoms with van der Waals surface area (Å²) in [6.45, 7) is 1.81. The number of carbonyl (C=O) groups is 1. The highest BCUT2D eigenvalue weighted by Crippen LogP contribution is 2.53. The molecular weight excluding hydrogens is 384 g/mol. The van der Waals surface area contributed by atoms with Crippen LogP contribution >= 0.6 is 0 Å². The zero-order valence-electron chi connectivity index (χ0n) is 17.0. The van der Waals surface area contributed by atoms with Crippen molar-refractivity contribution in [2.24, 2.45) is 23.7 Å². The first-order valence-electron chi connectivity index (χ1n) is 10.7. The number of nitro groups is 1. The summed E-state index contributed by atoms with van der Waals surface area (Å²) in [5.41, 5.74) is 0.706. The van der Waals surface area contributed by atoms with E-state index < -0.39 is 4.92 Å².